The molecule has 0 saturated carbocycles. The van der Waals surface area contributed by atoms with Crippen LogP contribution in [0.1, 0.15) is 22.8 Å². The molecule has 4 aliphatic rings. The third-order valence-electron chi connectivity index (χ3n) is 6.59. The summed E-state index contributed by atoms with van der Waals surface area (Å²) in [5.41, 5.74) is 0.578. The topological polar surface area (TPSA) is 135 Å². The number of hydrogen-bond acceptors (Lipinski definition) is 7. The predicted molar refractivity (Wildman–Crippen MR) is 126 cm³/mol. The number of carbonyl (C=O) groups is 4. The first kappa shape index (κ1) is 23.5. The molecule has 3 N–H and O–H groups in total. The van der Waals surface area contributed by atoms with Gasteiger partial charge >= 0.3 is 12.1 Å². The second-order valence-electron chi connectivity index (χ2n) is 8.86. The van der Waals surface area contributed by atoms with E-state index in [9.17, 15) is 19.2 Å². The number of nitrogens with one attached hydrogen (secondary N) is 3. The number of amides is 5. The maximum absolute atomic E-state index is 13.2. The van der Waals surface area contributed by atoms with Crippen molar-refractivity contribution in [2.75, 3.05) is 26.8 Å². The molecule has 36 heavy (non-hydrogen) atoms. The molecule has 3 heterocycles. The number of hydrogen-bond donors (Lipinski definition) is 3. The zero-order chi connectivity index (χ0) is 25.4. The second kappa shape index (κ2) is 9.06. The standard InChI is InChI=1S/C25H26N4O7/c1-3-35-24(33)26-11-14-4-7-19-16(8-14)9-20(36-19)25(22(31)27-23(32)28-25)13-29-12-15-5-6-17(34-2)10-18(15)21(29)30/h4-10,16,19H,3,11-13H2,1-2H3,(H,26,33)(H2,27,28,31,32). The first-order valence-electron chi connectivity index (χ1n) is 11.6. The maximum atomic E-state index is 13.2. The molecule has 3 unspecified atom stereocenters. The van der Waals surface area contributed by atoms with E-state index in [4.69, 9.17) is 14.2 Å². The van der Waals surface area contributed by atoms with Crippen molar-refractivity contribution in [1.82, 2.24) is 20.9 Å². The monoisotopic (exact) mass is 494 g/mol. The molecule has 11 heteroatoms. The SMILES string of the molecule is CCOC(=O)NCC1=CC2C=C(C3(CN4Cc5ccc(OC)cc5C4=O)NC(=O)NC3=O)OC2C=C1. The van der Waals surface area contributed by atoms with Crippen molar-refractivity contribution in [3.63, 3.8) is 0 Å². The summed E-state index contributed by atoms with van der Waals surface area (Å²) in [5.74, 6) is -0.246. The van der Waals surface area contributed by atoms with E-state index in [0.29, 0.717) is 11.3 Å². The lowest BCUT2D eigenvalue weighted by Gasteiger charge is -2.32. The first-order valence-corrected chi connectivity index (χ1v) is 11.6. The van der Waals surface area contributed by atoms with Gasteiger partial charge in [-0.3, -0.25) is 14.9 Å². The molecule has 1 saturated heterocycles. The normalized spacial score (nSPS) is 25.8. The molecule has 1 aromatic rings. The van der Waals surface area contributed by atoms with Gasteiger partial charge in [-0.2, -0.15) is 0 Å². The number of carbonyl (C=O) groups excluding carboxylic acids is 4. The van der Waals surface area contributed by atoms with E-state index in [2.05, 4.69) is 16.0 Å². The van der Waals surface area contributed by atoms with Crippen LogP contribution < -0.4 is 20.7 Å². The summed E-state index contributed by atoms with van der Waals surface area (Å²) in [6.45, 7) is 2.46. The predicted octanol–water partition coefficient (Wildman–Crippen LogP) is 1.37. The van der Waals surface area contributed by atoms with Crippen molar-refractivity contribution in [1.29, 1.82) is 0 Å². The minimum absolute atomic E-state index is 0.101. The van der Waals surface area contributed by atoms with Crippen LogP contribution in [0.5, 0.6) is 5.75 Å². The highest BCUT2D eigenvalue weighted by Crippen LogP contribution is 2.38. The summed E-state index contributed by atoms with van der Waals surface area (Å²) in [4.78, 5) is 51.6. The fourth-order valence-corrected chi connectivity index (χ4v) is 4.82. The number of alkyl carbamates (subject to hydrolysis) is 1. The van der Waals surface area contributed by atoms with Crippen LogP contribution in [0.15, 0.2) is 53.8 Å². The molecule has 0 bridgehead atoms. The largest absolute Gasteiger partial charge is 0.497 e. The fourth-order valence-electron chi connectivity index (χ4n) is 4.82. The average Bonchev–Trinajstić information content (AvgIpc) is 3.51. The summed E-state index contributed by atoms with van der Waals surface area (Å²) in [6.07, 6.45) is 6.48. The smallest absolute Gasteiger partial charge is 0.407 e. The van der Waals surface area contributed by atoms with E-state index in [1.807, 2.05) is 24.3 Å². The zero-order valence-electron chi connectivity index (χ0n) is 19.8. The Hall–Kier alpha value is -4.28. The van der Waals surface area contributed by atoms with Gasteiger partial charge in [-0.25, -0.2) is 9.59 Å². The van der Waals surface area contributed by atoms with Gasteiger partial charge in [0.25, 0.3) is 11.8 Å². The number of urea groups is 1. The van der Waals surface area contributed by atoms with Crippen LogP contribution in [-0.4, -0.2) is 67.3 Å². The Morgan fingerprint density at radius 3 is 2.83 bits per heavy atom. The Balaban J connectivity index is 1.38. The first-order chi connectivity index (χ1) is 17.3. The number of benzene rings is 1. The van der Waals surface area contributed by atoms with Gasteiger partial charge in [-0.15, -0.1) is 0 Å². The van der Waals surface area contributed by atoms with E-state index in [1.54, 1.807) is 25.1 Å². The molecule has 188 valence electrons. The molecule has 1 fully saturated rings. The van der Waals surface area contributed by atoms with Crippen molar-refractivity contribution < 1.29 is 33.4 Å². The van der Waals surface area contributed by atoms with Gasteiger partial charge in [0.15, 0.2) is 5.54 Å². The minimum Gasteiger partial charge on any atom is -0.497 e. The zero-order valence-corrected chi connectivity index (χ0v) is 19.8. The van der Waals surface area contributed by atoms with Crippen LogP contribution in [0.2, 0.25) is 0 Å². The summed E-state index contributed by atoms with van der Waals surface area (Å²) < 4.78 is 16.2. The number of ether oxygens (including phenoxy) is 3. The maximum Gasteiger partial charge on any atom is 0.407 e. The molecule has 3 atom stereocenters. The van der Waals surface area contributed by atoms with Crippen molar-refractivity contribution in [3.05, 3.63) is 65.0 Å². The number of methoxy groups -OCH3 is 1. The van der Waals surface area contributed by atoms with Gasteiger partial charge in [0.2, 0.25) is 0 Å². The molecule has 11 nitrogen and oxygen atoms in total. The Morgan fingerprint density at radius 1 is 1.28 bits per heavy atom. The fraction of sp³-hybridized carbons (Fsp3) is 0.360. The Bertz CT molecular complexity index is 1240. The molecular formula is C25H26N4O7. The highest BCUT2D eigenvalue weighted by atomic mass is 16.5. The van der Waals surface area contributed by atoms with Crippen molar-refractivity contribution in [2.24, 2.45) is 5.92 Å². The second-order valence-corrected chi connectivity index (χ2v) is 8.86. The van der Waals surface area contributed by atoms with Crippen LogP contribution in [0.25, 0.3) is 0 Å². The van der Waals surface area contributed by atoms with E-state index in [1.165, 1.54) is 12.0 Å². The van der Waals surface area contributed by atoms with Gasteiger partial charge < -0.3 is 29.7 Å². The number of imide groups is 1. The highest BCUT2D eigenvalue weighted by molar-refractivity contribution is 6.09. The molecule has 1 aliphatic carbocycles. The Morgan fingerprint density at radius 2 is 2.11 bits per heavy atom. The van der Waals surface area contributed by atoms with Gasteiger partial charge in [-0.05, 0) is 42.3 Å². The molecule has 5 amide bonds. The number of nitrogens with zero attached hydrogens (tertiary/aromatic N) is 1. The quantitative estimate of drug-likeness (QED) is 0.487. The molecule has 1 aromatic carbocycles. The minimum atomic E-state index is -1.57. The lowest BCUT2D eigenvalue weighted by atomic mass is 9.91. The summed E-state index contributed by atoms with van der Waals surface area (Å²) in [7, 11) is 1.52. The molecule has 0 aromatic heterocycles. The average molecular weight is 495 g/mol. The van der Waals surface area contributed by atoms with E-state index in [-0.39, 0.29) is 49.9 Å². The van der Waals surface area contributed by atoms with E-state index < -0.39 is 23.6 Å². The Labute approximate surface area is 207 Å². The van der Waals surface area contributed by atoms with Crippen LogP contribution >= 0.6 is 0 Å². The molecule has 3 aliphatic heterocycles. The van der Waals surface area contributed by atoms with Gasteiger partial charge in [0, 0.05) is 24.6 Å². The Kier molecular flexibility index (Phi) is 5.91. The van der Waals surface area contributed by atoms with E-state index >= 15 is 0 Å². The summed E-state index contributed by atoms with van der Waals surface area (Å²) in [6, 6.07) is 4.60. The van der Waals surface area contributed by atoms with Crippen LogP contribution in [0.3, 0.4) is 0 Å². The van der Waals surface area contributed by atoms with Crippen molar-refractivity contribution in [2.45, 2.75) is 25.1 Å². The van der Waals surface area contributed by atoms with Crippen LogP contribution in [-0.2, 0) is 20.8 Å². The molecule has 0 radical (unpaired) electrons. The summed E-state index contributed by atoms with van der Waals surface area (Å²) in [5, 5.41) is 7.66. The molecule has 0 spiro atoms. The highest BCUT2D eigenvalue weighted by Gasteiger charge is 2.55. The third kappa shape index (κ3) is 4.06. The molecule has 5 rings (SSSR count). The third-order valence-corrected chi connectivity index (χ3v) is 6.59. The van der Waals surface area contributed by atoms with Crippen LogP contribution in [0, 0.1) is 5.92 Å². The number of rotatable bonds is 7. The lowest BCUT2D eigenvalue weighted by molar-refractivity contribution is -0.124. The van der Waals surface area contributed by atoms with Gasteiger partial charge in [0.05, 0.1) is 20.3 Å². The van der Waals surface area contributed by atoms with Crippen molar-refractivity contribution in [3.8, 4) is 5.75 Å². The van der Waals surface area contributed by atoms with Gasteiger partial charge in [0.1, 0.15) is 17.6 Å². The van der Waals surface area contributed by atoms with Crippen molar-refractivity contribution >= 4 is 23.9 Å². The molecular weight excluding hydrogens is 468 g/mol. The summed E-state index contributed by atoms with van der Waals surface area (Å²) >= 11 is 0. The lowest BCUT2D eigenvalue weighted by Crippen LogP contribution is -2.57. The van der Waals surface area contributed by atoms with Crippen LogP contribution in [0.4, 0.5) is 9.59 Å². The van der Waals surface area contributed by atoms with E-state index in [0.717, 1.165) is 11.1 Å². The number of fused-ring (bicyclic) bond motifs is 2. The van der Waals surface area contributed by atoms with Gasteiger partial charge in [-0.1, -0.05) is 18.2 Å².